The van der Waals surface area contributed by atoms with Gasteiger partial charge in [0.15, 0.2) is 0 Å². The maximum absolute atomic E-state index is 9.87. The molecule has 0 amide bonds. The zero-order valence-electron chi connectivity index (χ0n) is 21.7. The smallest absolute Gasteiger partial charge is 0.0892 e. The first kappa shape index (κ1) is 24.6. The maximum atomic E-state index is 9.87. The van der Waals surface area contributed by atoms with Gasteiger partial charge in [-0.2, -0.15) is 0 Å². The number of piperidine rings is 1. The lowest BCUT2D eigenvalue weighted by atomic mass is 9.82. The summed E-state index contributed by atoms with van der Waals surface area (Å²) < 4.78 is 0. The van der Waals surface area contributed by atoms with Gasteiger partial charge in [0.1, 0.15) is 0 Å². The Morgan fingerprint density at radius 2 is 1.76 bits per heavy atom. The summed E-state index contributed by atoms with van der Waals surface area (Å²) in [6.45, 7) is 18.2. The summed E-state index contributed by atoms with van der Waals surface area (Å²) in [5, 5.41) is 9.87. The minimum absolute atomic E-state index is 0.256. The molecule has 2 aliphatic rings. The molecule has 0 aromatic heterocycles. The standard InChI is InChI=1S/C31H42N2O/c1-23-7-6-8-27(17-23)21-32-14-11-28-19-26(9-10-29(28)22-32)20-30(24(2)18-25(3)34)33-15-12-31(4,5)13-16-33/h6-10,17,19,34H,3,11-16,18,20-22H2,1-2,4-5H3/b30-24-. The summed E-state index contributed by atoms with van der Waals surface area (Å²) in [4.78, 5) is 5.13. The molecule has 34 heavy (non-hydrogen) atoms. The van der Waals surface area contributed by atoms with Crippen LogP contribution in [-0.2, 0) is 25.9 Å². The molecule has 2 heterocycles. The maximum Gasteiger partial charge on any atom is 0.0892 e. The molecule has 2 aliphatic heterocycles. The van der Waals surface area contributed by atoms with Crippen LogP contribution in [-0.4, -0.2) is 34.5 Å². The van der Waals surface area contributed by atoms with E-state index in [1.54, 1.807) is 0 Å². The molecular formula is C31H42N2O. The van der Waals surface area contributed by atoms with Gasteiger partial charge in [-0.05, 0) is 66.4 Å². The van der Waals surface area contributed by atoms with Crippen LogP contribution in [0, 0.1) is 12.3 Å². The van der Waals surface area contributed by atoms with Gasteiger partial charge in [0, 0.05) is 51.3 Å². The Balaban J connectivity index is 1.48. The molecule has 1 fully saturated rings. The zero-order chi connectivity index (χ0) is 24.3. The van der Waals surface area contributed by atoms with Crippen molar-refractivity contribution in [3.05, 3.63) is 93.9 Å². The molecular weight excluding hydrogens is 416 g/mol. The molecule has 1 saturated heterocycles. The van der Waals surface area contributed by atoms with E-state index in [4.69, 9.17) is 0 Å². The van der Waals surface area contributed by atoms with Gasteiger partial charge < -0.3 is 10.0 Å². The average molecular weight is 459 g/mol. The van der Waals surface area contributed by atoms with Crippen LogP contribution in [0.25, 0.3) is 0 Å². The van der Waals surface area contributed by atoms with Gasteiger partial charge in [-0.25, -0.2) is 0 Å². The number of fused-ring (bicyclic) bond motifs is 1. The topological polar surface area (TPSA) is 26.7 Å². The lowest BCUT2D eigenvalue weighted by Crippen LogP contribution is -2.37. The Bertz CT molecular complexity index is 1050. The van der Waals surface area contributed by atoms with E-state index in [1.807, 2.05) is 0 Å². The van der Waals surface area contributed by atoms with Crippen molar-refractivity contribution in [1.82, 2.24) is 9.80 Å². The van der Waals surface area contributed by atoms with E-state index < -0.39 is 0 Å². The first-order valence-electron chi connectivity index (χ1n) is 12.9. The molecule has 182 valence electrons. The third-order valence-electron chi connectivity index (χ3n) is 7.68. The largest absolute Gasteiger partial charge is 0.513 e. The zero-order valence-corrected chi connectivity index (χ0v) is 21.7. The van der Waals surface area contributed by atoms with E-state index in [9.17, 15) is 5.11 Å². The van der Waals surface area contributed by atoms with E-state index >= 15 is 0 Å². The highest BCUT2D eigenvalue weighted by atomic mass is 16.3. The van der Waals surface area contributed by atoms with Gasteiger partial charge in [0.25, 0.3) is 0 Å². The Hall–Kier alpha value is -2.52. The van der Waals surface area contributed by atoms with Gasteiger partial charge in [-0.1, -0.05) is 68.5 Å². The van der Waals surface area contributed by atoms with Crippen LogP contribution in [0.2, 0.25) is 0 Å². The predicted octanol–water partition coefficient (Wildman–Crippen LogP) is 6.95. The highest BCUT2D eigenvalue weighted by Gasteiger charge is 2.27. The van der Waals surface area contributed by atoms with Gasteiger partial charge in [0.05, 0.1) is 5.76 Å². The third-order valence-corrected chi connectivity index (χ3v) is 7.68. The lowest BCUT2D eigenvalue weighted by molar-refractivity contribution is 0.158. The highest BCUT2D eigenvalue weighted by Crippen LogP contribution is 2.33. The Morgan fingerprint density at radius 3 is 2.47 bits per heavy atom. The molecule has 0 radical (unpaired) electrons. The number of aryl methyl sites for hydroxylation is 1. The first-order chi connectivity index (χ1) is 16.2. The Kier molecular flexibility index (Phi) is 7.52. The van der Waals surface area contributed by atoms with Crippen LogP contribution in [0.1, 0.15) is 67.9 Å². The SMILES string of the molecule is C=C(O)C/C(C)=C(/Cc1ccc2c(c1)CCN(Cc1cccc(C)c1)C2)N1CCC(C)(C)CC1. The molecule has 0 atom stereocenters. The molecule has 0 aliphatic carbocycles. The van der Waals surface area contributed by atoms with Crippen LogP contribution in [0.3, 0.4) is 0 Å². The summed E-state index contributed by atoms with van der Waals surface area (Å²) in [7, 11) is 0. The number of allylic oxidation sites excluding steroid dienone is 2. The molecule has 0 bridgehead atoms. The van der Waals surface area contributed by atoms with E-state index in [1.165, 1.54) is 51.9 Å². The van der Waals surface area contributed by atoms with Crippen LogP contribution in [0.4, 0.5) is 0 Å². The van der Waals surface area contributed by atoms with Crippen molar-refractivity contribution < 1.29 is 5.11 Å². The van der Waals surface area contributed by atoms with Gasteiger partial charge in [-0.3, -0.25) is 4.90 Å². The summed E-state index contributed by atoms with van der Waals surface area (Å²) >= 11 is 0. The second-order valence-electron chi connectivity index (χ2n) is 11.4. The molecule has 3 nitrogen and oxygen atoms in total. The Labute approximate surface area is 206 Å². The van der Waals surface area contributed by atoms with Crippen molar-refractivity contribution in [3.63, 3.8) is 0 Å². The average Bonchev–Trinajstić information content (AvgIpc) is 2.77. The number of nitrogens with zero attached hydrogens (tertiary/aromatic N) is 2. The van der Waals surface area contributed by atoms with E-state index in [0.29, 0.717) is 11.8 Å². The second-order valence-corrected chi connectivity index (χ2v) is 11.4. The third kappa shape index (κ3) is 6.33. The van der Waals surface area contributed by atoms with Crippen molar-refractivity contribution in [2.45, 2.75) is 72.9 Å². The van der Waals surface area contributed by atoms with Crippen molar-refractivity contribution in [3.8, 4) is 0 Å². The molecule has 4 rings (SSSR count). The van der Waals surface area contributed by atoms with E-state index in [2.05, 4.69) is 86.5 Å². The van der Waals surface area contributed by atoms with Crippen molar-refractivity contribution in [2.24, 2.45) is 5.41 Å². The van der Waals surface area contributed by atoms with Crippen LogP contribution in [0.15, 0.2) is 66.1 Å². The van der Waals surface area contributed by atoms with E-state index in [0.717, 1.165) is 45.6 Å². The number of aliphatic hydroxyl groups is 1. The quantitative estimate of drug-likeness (QED) is 0.455. The molecule has 2 aromatic carbocycles. The lowest BCUT2D eigenvalue weighted by Gasteiger charge is -2.40. The summed E-state index contributed by atoms with van der Waals surface area (Å²) in [5.41, 5.74) is 10.1. The fourth-order valence-corrected chi connectivity index (χ4v) is 5.49. The summed E-state index contributed by atoms with van der Waals surface area (Å²) in [6, 6.07) is 16.0. The summed E-state index contributed by atoms with van der Waals surface area (Å²) in [6.07, 6.45) is 5.03. The number of rotatable bonds is 7. The molecule has 1 N–H and O–H groups in total. The molecule has 2 aromatic rings. The monoisotopic (exact) mass is 458 g/mol. The highest BCUT2D eigenvalue weighted by molar-refractivity contribution is 5.36. The fraction of sp³-hybridized carbons (Fsp3) is 0.484. The van der Waals surface area contributed by atoms with Crippen molar-refractivity contribution >= 4 is 0 Å². The normalized spacial score (nSPS) is 18.9. The number of benzene rings is 2. The first-order valence-corrected chi connectivity index (χ1v) is 12.9. The predicted molar refractivity (Wildman–Crippen MR) is 143 cm³/mol. The van der Waals surface area contributed by atoms with Crippen LogP contribution >= 0.6 is 0 Å². The van der Waals surface area contributed by atoms with E-state index in [-0.39, 0.29) is 5.76 Å². The van der Waals surface area contributed by atoms with Gasteiger partial charge in [-0.15, -0.1) is 0 Å². The fourth-order valence-electron chi connectivity index (χ4n) is 5.49. The second kappa shape index (κ2) is 10.4. The van der Waals surface area contributed by atoms with Gasteiger partial charge >= 0.3 is 0 Å². The minimum atomic E-state index is 0.256. The van der Waals surface area contributed by atoms with Crippen LogP contribution < -0.4 is 0 Å². The van der Waals surface area contributed by atoms with Crippen LogP contribution in [0.5, 0.6) is 0 Å². The van der Waals surface area contributed by atoms with Gasteiger partial charge in [0.2, 0.25) is 0 Å². The van der Waals surface area contributed by atoms with Crippen molar-refractivity contribution in [2.75, 3.05) is 19.6 Å². The molecule has 0 unspecified atom stereocenters. The minimum Gasteiger partial charge on any atom is -0.513 e. The number of hydrogen-bond donors (Lipinski definition) is 1. The Morgan fingerprint density at radius 1 is 1.00 bits per heavy atom. The number of likely N-dealkylation sites (tertiary alicyclic amines) is 1. The molecule has 0 saturated carbocycles. The van der Waals surface area contributed by atoms with Crippen molar-refractivity contribution in [1.29, 1.82) is 0 Å². The summed E-state index contributed by atoms with van der Waals surface area (Å²) in [5.74, 6) is 0.256. The number of hydrogen-bond acceptors (Lipinski definition) is 3. The number of aliphatic hydroxyl groups excluding tert-OH is 1. The molecule has 0 spiro atoms. The molecule has 3 heteroatoms.